The van der Waals surface area contributed by atoms with Gasteiger partial charge in [0.05, 0.1) is 5.69 Å². The highest BCUT2D eigenvalue weighted by molar-refractivity contribution is 7.86. The SMILES string of the molecule is CC1CN(c2cccnc2C#N)CC(C)S1=O. The van der Waals surface area contributed by atoms with Gasteiger partial charge in [0.2, 0.25) is 0 Å². The van der Waals surface area contributed by atoms with Gasteiger partial charge < -0.3 is 4.90 Å². The van der Waals surface area contributed by atoms with Gasteiger partial charge in [-0.25, -0.2) is 4.98 Å². The van der Waals surface area contributed by atoms with Gasteiger partial charge in [0, 0.05) is 40.6 Å². The molecular formula is C12H15N3OS. The molecule has 0 N–H and O–H groups in total. The maximum absolute atomic E-state index is 11.9. The van der Waals surface area contributed by atoms with Crippen LogP contribution in [0.25, 0.3) is 0 Å². The molecule has 0 amide bonds. The van der Waals surface area contributed by atoms with Crippen LogP contribution >= 0.6 is 0 Å². The average molecular weight is 249 g/mol. The van der Waals surface area contributed by atoms with Crippen molar-refractivity contribution >= 4 is 16.5 Å². The Morgan fingerprint density at radius 3 is 2.71 bits per heavy atom. The first-order chi connectivity index (χ1) is 8.13. The quantitative estimate of drug-likeness (QED) is 0.752. The van der Waals surface area contributed by atoms with Gasteiger partial charge in [0.25, 0.3) is 0 Å². The van der Waals surface area contributed by atoms with E-state index in [1.54, 1.807) is 6.20 Å². The molecule has 17 heavy (non-hydrogen) atoms. The molecule has 90 valence electrons. The Hall–Kier alpha value is -1.41. The maximum Gasteiger partial charge on any atom is 0.163 e. The zero-order valence-corrected chi connectivity index (χ0v) is 10.8. The van der Waals surface area contributed by atoms with E-state index < -0.39 is 10.8 Å². The number of hydrogen-bond acceptors (Lipinski definition) is 4. The molecule has 4 nitrogen and oxygen atoms in total. The first-order valence-electron chi connectivity index (χ1n) is 5.63. The fourth-order valence-electron chi connectivity index (χ4n) is 2.17. The third kappa shape index (κ3) is 2.32. The van der Waals surface area contributed by atoms with Gasteiger partial charge in [0.1, 0.15) is 6.07 Å². The van der Waals surface area contributed by atoms with Gasteiger partial charge in [-0.3, -0.25) is 4.21 Å². The lowest BCUT2D eigenvalue weighted by atomic mass is 10.2. The minimum Gasteiger partial charge on any atom is -0.367 e. The fraction of sp³-hybridized carbons (Fsp3) is 0.500. The number of nitriles is 1. The average Bonchev–Trinajstić information content (AvgIpc) is 2.35. The molecule has 2 rings (SSSR count). The number of anilines is 1. The summed E-state index contributed by atoms with van der Waals surface area (Å²) in [6.07, 6.45) is 1.62. The smallest absolute Gasteiger partial charge is 0.163 e. The minimum absolute atomic E-state index is 0.130. The topological polar surface area (TPSA) is 57.0 Å². The zero-order valence-electron chi connectivity index (χ0n) is 9.96. The summed E-state index contributed by atoms with van der Waals surface area (Å²) in [7, 11) is -0.778. The van der Waals surface area contributed by atoms with Gasteiger partial charge in [-0.05, 0) is 26.0 Å². The lowest BCUT2D eigenvalue weighted by molar-refractivity contribution is 0.631. The number of aromatic nitrogens is 1. The number of nitrogens with zero attached hydrogens (tertiary/aromatic N) is 3. The molecule has 2 atom stereocenters. The molecule has 1 aromatic heterocycles. The van der Waals surface area contributed by atoms with Gasteiger partial charge in [-0.1, -0.05) is 0 Å². The molecule has 0 spiro atoms. The Kier molecular flexibility index (Phi) is 3.43. The van der Waals surface area contributed by atoms with E-state index >= 15 is 0 Å². The highest BCUT2D eigenvalue weighted by atomic mass is 32.2. The summed E-state index contributed by atoms with van der Waals surface area (Å²) in [5.41, 5.74) is 1.30. The Bertz CT molecular complexity index is 469. The maximum atomic E-state index is 11.9. The molecule has 1 saturated heterocycles. The molecule has 0 aliphatic carbocycles. The van der Waals surface area contributed by atoms with Crippen LogP contribution in [0.4, 0.5) is 5.69 Å². The second-order valence-corrected chi connectivity index (χ2v) is 6.60. The van der Waals surface area contributed by atoms with Crippen LogP contribution in [0.3, 0.4) is 0 Å². The van der Waals surface area contributed by atoms with Crippen molar-refractivity contribution < 1.29 is 4.21 Å². The van der Waals surface area contributed by atoms with Crippen LogP contribution in [0.15, 0.2) is 18.3 Å². The van der Waals surface area contributed by atoms with Crippen molar-refractivity contribution in [1.29, 1.82) is 5.26 Å². The molecule has 0 saturated carbocycles. The highest BCUT2D eigenvalue weighted by Gasteiger charge is 2.29. The molecular weight excluding hydrogens is 234 g/mol. The number of pyridine rings is 1. The van der Waals surface area contributed by atoms with Crippen molar-refractivity contribution in [2.24, 2.45) is 0 Å². The van der Waals surface area contributed by atoms with Crippen LogP contribution in [0.2, 0.25) is 0 Å². The minimum atomic E-state index is -0.778. The van der Waals surface area contributed by atoms with Crippen molar-refractivity contribution in [3.05, 3.63) is 24.0 Å². The lowest BCUT2D eigenvalue weighted by Gasteiger charge is -2.36. The molecule has 2 unspecified atom stereocenters. The Morgan fingerprint density at radius 1 is 1.47 bits per heavy atom. The van der Waals surface area contributed by atoms with Crippen molar-refractivity contribution in [2.45, 2.75) is 24.3 Å². The lowest BCUT2D eigenvalue weighted by Crippen LogP contribution is -2.47. The molecule has 1 fully saturated rings. The van der Waals surface area contributed by atoms with E-state index in [4.69, 9.17) is 5.26 Å². The van der Waals surface area contributed by atoms with E-state index in [1.165, 1.54) is 0 Å². The molecule has 1 aliphatic heterocycles. The molecule has 0 bridgehead atoms. The summed E-state index contributed by atoms with van der Waals surface area (Å²) in [5, 5.41) is 9.29. The fourth-order valence-corrected chi connectivity index (χ4v) is 3.62. The molecule has 2 heterocycles. The van der Waals surface area contributed by atoms with Crippen LogP contribution < -0.4 is 4.90 Å². The molecule has 0 radical (unpaired) electrons. The summed E-state index contributed by atoms with van der Waals surface area (Å²) in [4.78, 5) is 6.18. The monoisotopic (exact) mass is 249 g/mol. The summed E-state index contributed by atoms with van der Waals surface area (Å²) in [5.74, 6) is 0. The predicted octanol–water partition coefficient (Wildman–Crippen LogP) is 1.30. The van der Waals surface area contributed by atoms with E-state index in [0.29, 0.717) is 5.69 Å². The highest BCUT2D eigenvalue weighted by Crippen LogP contribution is 2.23. The van der Waals surface area contributed by atoms with Crippen LogP contribution in [-0.2, 0) is 10.8 Å². The van der Waals surface area contributed by atoms with Crippen molar-refractivity contribution in [2.75, 3.05) is 18.0 Å². The Labute approximate surface area is 104 Å². The summed E-state index contributed by atoms with van der Waals surface area (Å²) >= 11 is 0. The second kappa shape index (κ2) is 4.84. The van der Waals surface area contributed by atoms with Gasteiger partial charge in [-0.15, -0.1) is 0 Å². The Morgan fingerprint density at radius 2 is 2.12 bits per heavy atom. The van der Waals surface area contributed by atoms with Gasteiger partial charge >= 0.3 is 0 Å². The van der Waals surface area contributed by atoms with Crippen LogP contribution in [0.5, 0.6) is 0 Å². The largest absolute Gasteiger partial charge is 0.367 e. The van der Waals surface area contributed by atoms with Crippen LogP contribution in [0, 0.1) is 11.3 Å². The predicted molar refractivity (Wildman–Crippen MR) is 68.2 cm³/mol. The van der Waals surface area contributed by atoms with E-state index in [1.807, 2.05) is 26.0 Å². The Balaban J connectivity index is 2.29. The van der Waals surface area contributed by atoms with Crippen molar-refractivity contribution in [3.8, 4) is 6.07 Å². The van der Waals surface area contributed by atoms with Crippen LogP contribution in [-0.4, -0.2) is 32.8 Å². The molecule has 1 aliphatic rings. The van der Waals surface area contributed by atoms with Crippen molar-refractivity contribution in [3.63, 3.8) is 0 Å². The molecule has 0 aromatic carbocycles. The van der Waals surface area contributed by atoms with Gasteiger partial charge in [-0.2, -0.15) is 5.26 Å². The number of hydrogen-bond donors (Lipinski definition) is 0. The van der Waals surface area contributed by atoms with E-state index in [2.05, 4.69) is 16.0 Å². The first-order valence-corrected chi connectivity index (χ1v) is 6.90. The first kappa shape index (κ1) is 12.1. The third-order valence-corrected chi connectivity index (χ3v) is 4.87. The van der Waals surface area contributed by atoms with Crippen molar-refractivity contribution in [1.82, 2.24) is 4.98 Å². The van der Waals surface area contributed by atoms with E-state index in [-0.39, 0.29) is 10.5 Å². The normalized spacial score (nSPS) is 28.8. The second-order valence-electron chi connectivity index (χ2n) is 4.34. The van der Waals surface area contributed by atoms with E-state index in [0.717, 1.165) is 18.8 Å². The summed E-state index contributed by atoms with van der Waals surface area (Å²) < 4.78 is 11.9. The van der Waals surface area contributed by atoms with Gasteiger partial charge in [0.15, 0.2) is 5.69 Å². The summed E-state index contributed by atoms with van der Waals surface area (Å²) in [6.45, 7) is 5.41. The van der Waals surface area contributed by atoms with Crippen LogP contribution in [0.1, 0.15) is 19.5 Å². The standard InChI is InChI=1S/C12H15N3OS/c1-9-7-15(8-10(2)17(9)16)12-4-3-5-14-11(12)6-13/h3-5,9-10H,7-8H2,1-2H3. The van der Waals surface area contributed by atoms with E-state index in [9.17, 15) is 4.21 Å². The number of rotatable bonds is 1. The molecule has 5 heteroatoms. The molecule has 1 aromatic rings. The summed E-state index contributed by atoms with van der Waals surface area (Å²) in [6, 6.07) is 5.84. The zero-order chi connectivity index (χ0) is 12.4. The third-order valence-electron chi connectivity index (χ3n) is 2.98.